The van der Waals surface area contributed by atoms with Crippen LogP contribution in [0.2, 0.25) is 0 Å². The van der Waals surface area contributed by atoms with Crippen LogP contribution in [0.15, 0.2) is 24.3 Å². The lowest BCUT2D eigenvalue weighted by Crippen LogP contribution is -2.44. The number of benzene rings is 1. The Morgan fingerprint density at radius 3 is 2.70 bits per heavy atom. The smallest absolute Gasteiger partial charge is 0.228 e. The summed E-state index contributed by atoms with van der Waals surface area (Å²) in [7, 11) is -3.27. The van der Waals surface area contributed by atoms with Gasteiger partial charge in [0.15, 0.2) is 0 Å². The monoisotopic (exact) mass is 340 g/mol. The summed E-state index contributed by atoms with van der Waals surface area (Å²) in [4.78, 5) is 12.3. The molecule has 1 fully saturated rings. The number of phenols is 1. The highest BCUT2D eigenvalue weighted by atomic mass is 32.2. The Kier molecular flexibility index (Phi) is 6.01. The Morgan fingerprint density at radius 2 is 2.04 bits per heavy atom. The molecule has 1 aliphatic heterocycles. The number of phenolic OH excluding ortho intramolecular Hbond substituents is 1. The van der Waals surface area contributed by atoms with Crippen LogP contribution in [0.3, 0.4) is 0 Å². The van der Waals surface area contributed by atoms with E-state index in [2.05, 4.69) is 5.32 Å². The zero-order valence-electron chi connectivity index (χ0n) is 13.4. The average Bonchev–Trinajstić information content (AvgIpc) is 2.55. The number of unbranched alkanes of at least 4 members (excludes halogenated alkanes) is 1. The number of amides is 1. The molecule has 0 saturated carbocycles. The number of anilines is 1. The number of piperidine rings is 1. The van der Waals surface area contributed by atoms with Crippen molar-refractivity contribution in [1.82, 2.24) is 4.31 Å². The summed E-state index contributed by atoms with van der Waals surface area (Å²) in [6.45, 7) is 2.70. The molecule has 1 saturated heterocycles. The summed E-state index contributed by atoms with van der Waals surface area (Å²) >= 11 is 0. The Hall–Kier alpha value is -1.60. The van der Waals surface area contributed by atoms with Gasteiger partial charge in [-0.2, -0.15) is 0 Å². The molecule has 0 aromatic heterocycles. The van der Waals surface area contributed by atoms with Gasteiger partial charge in [0.2, 0.25) is 15.9 Å². The molecule has 1 atom stereocenters. The van der Waals surface area contributed by atoms with Gasteiger partial charge in [0.25, 0.3) is 0 Å². The van der Waals surface area contributed by atoms with Crippen molar-refractivity contribution in [3.8, 4) is 5.75 Å². The Bertz CT molecular complexity index is 628. The number of hydrogen-bond donors (Lipinski definition) is 2. The van der Waals surface area contributed by atoms with E-state index in [9.17, 15) is 18.3 Å². The maximum atomic E-state index is 12.3. The van der Waals surface area contributed by atoms with Gasteiger partial charge in [-0.1, -0.05) is 13.3 Å². The largest absolute Gasteiger partial charge is 0.508 e. The van der Waals surface area contributed by atoms with E-state index in [4.69, 9.17) is 0 Å². The molecule has 0 spiro atoms. The molecule has 128 valence electrons. The summed E-state index contributed by atoms with van der Waals surface area (Å²) in [5.74, 6) is -0.232. The SMILES string of the molecule is CCCCS(=O)(=O)N1CCCC(C(=O)Nc2ccc(O)cc2)C1. The highest BCUT2D eigenvalue weighted by molar-refractivity contribution is 7.89. The van der Waals surface area contributed by atoms with Crippen molar-refractivity contribution >= 4 is 21.6 Å². The average molecular weight is 340 g/mol. The lowest BCUT2D eigenvalue weighted by molar-refractivity contribution is -0.120. The predicted octanol–water partition coefficient (Wildman–Crippen LogP) is 2.17. The molecular weight excluding hydrogens is 316 g/mol. The fourth-order valence-electron chi connectivity index (χ4n) is 2.65. The standard InChI is InChI=1S/C16H24N2O4S/c1-2-3-11-23(21,22)18-10-4-5-13(12-18)16(20)17-14-6-8-15(19)9-7-14/h6-9,13,19H,2-5,10-12H2,1H3,(H,17,20). The highest BCUT2D eigenvalue weighted by Crippen LogP contribution is 2.22. The van der Waals surface area contributed by atoms with Crippen LogP contribution in [0.5, 0.6) is 5.75 Å². The lowest BCUT2D eigenvalue weighted by Gasteiger charge is -2.31. The molecule has 0 aliphatic carbocycles. The number of carbonyl (C=O) groups is 1. The maximum absolute atomic E-state index is 12.3. The van der Waals surface area contributed by atoms with Crippen molar-refractivity contribution < 1.29 is 18.3 Å². The Balaban J connectivity index is 1.97. The molecule has 23 heavy (non-hydrogen) atoms. The van der Waals surface area contributed by atoms with Crippen molar-refractivity contribution in [2.45, 2.75) is 32.6 Å². The van der Waals surface area contributed by atoms with Crippen LogP contribution in [0.4, 0.5) is 5.69 Å². The molecule has 2 N–H and O–H groups in total. The fraction of sp³-hybridized carbons (Fsp3) is 0.562. The molecule has 0 radical (unpaired) electrons. The first-order valence-corrected chi connectivity index (χ1v) is 9.61. The minimum atomic E-state index is -3.27. The van der Waals surface area contributed by atoms with Crippen molar-refractivity contribution in [3.05, 3.63) is 24.3 Å². The van der Waals surface area contributed by atoms with Crippen molar-refractivity contribution in [2.75, 3.05) is 24.2 Å². The van der Waals surface area contributed by atoms with Gasteiger partial charge in [-0.15, -0.1) is 0 Å². The first kappa shape index (κ1) is 17.7. The summed E-state index contributed by atoms with van der Waals surface area (Å²) in [6, 6.07) is 6.23. The van der Waals surface area contributed by atoms with Crippen LogP contribution < -0.4 is 5.32 Å². The third-order valence-electron chi connectivity index (χ3n) is 4.04. The number of hydrogen-bond acceptors (Lipinski definition) is 4. The molecule has 1 heterocycles. The van der Waals surface area contributed by atoms with Crippen LogP contribution in [0.1, 0.15) is 32.6 Å². The van der Waals surface area contributed by atoms with Gasteiger partial charge >= 0.3 is 0 Å². The second-order valence-electron chi connectivity index (χ2n) is 5.90. The fourth-order valence-corrected chi connectivity index (χ4v) is 4.38. The summed E-state index contributed by atoms with van der Waals surface area (Å²) in [5.41, 5.74) is 0.596. The van der Waals surface area contributed by atoms with Gasteiger partial charge in [-0.3, -0.25) is 4.79 Å². The maximum Gasteiger partial charge on any atom is 0.228 e. The Morgan fingerprint density at radius 1 is 1.35 bits per heavy atom. The molecule has 6 nitrogen and oxygen atoms in total. The number of sulfonamides is 1. The summed E-state index contributed by atoms with van der Waals surface area (Å²) in [5, 5.41) is 12.0. The quantitative estimate of drug-likeness (QED) is 0.777. The molecule has 1 amide bonds. The first-order chi connectivity index (χ1) is 10.9. The van der Waals surface area contributed by atoms with Gasteiger partial charge in [0.1, 0.15) is 5.75 Å². The number of carbonyl (C=O) groups excluding carboxylic acids is 1. The third kappa shape index (κ3) is 4.94. The van der Waals surface area contributed by atoms with Gasteiger partial charge < -0.3 is 10.4 Å². The van der Waals surface area contributed by atoms with Crippen LogP contribution in [-0.4, -0.2) is 42.6 Å². The minimum Gasteiger partial charge on any atom is -0.508 e. The van der Waals surface area contributed by atoms with Crippen LogP contribution in [0, 0.1) is 5.92 Å². The minimum absolute atomic E-state index is 0.133. The van der Waals surface area contributed by atoms with E-state index >= 15 is 0 Å². The molecule has 1 unspecified atom stereocenters. The molecule has 1 aromatic carbocycles. The molecule has 7 heteroatoms. The number of rotatable bonds is 6. The lowest BCUT2D eigenvalue weighted by atomic mass is 9.99. The van der Waals surface area contributed by atoms with E-state index in [-0.39, 0.29) is 29.9 Å². The second-order valence-corrected chi connectivity index (χ2v) is 7.99. The van der Waals surface area contributed by atoms with Gasteiger partial charge in [0, 0.05) is 18.8 Å². The third-order valence-corrected chi connectivity index (χ3v) is 5.96. The molecule has 1 aliphatic rings. The molecule has 0 bridgehead atoms. The van der Waals surface area contributed by atoms with E-state index in [0.717, 1.165) is 6.42 Å². The predicted molar refractivity (Wildman–Crippen MR) is 89.7 cm³/mol. The summed E-state index contributed by atoms with van der Waals surface area (Å²) < 4.78 is 26.0. The number of aromatic hydroxyl groups is 1. The van der Waals surface area contributed by atoms with Crippen molar-refractivity contribution in [1.29, 1.82) is 0 Å². The zero-order valence-corrected chi connectivity index (χ0v) is 14.2. The molecular formula is C16H24N2O4S. The number of nitrogens with one attached hydrogen (secondary N) is 1. The van der Waals surface area contributed by atoms with Crippen LogP contribution in [-0.2, 0) is 14.8 Å². The van der Waals surface area contributed by atoms with Gasteiger partial charge in [-0.25, -0.2) is 12.7 Å². The molecule has 1 aromatic rings. The van der Waals surface area contributed by atoms with Gasteiger partial charge in [0.05, 0.1) is 11.7 Å². The Labute approximate surface area is 137 Å². The summed E-state index contributed by atoms with van der Waals surface area (Å²) in [6.07, 6.45) is 2.85. The van der Waals surface area contributed by atoms with Crippen molar-refractivity contribution in [3.63, 3.8) is 0 Å². The number of nitrogens with zero attached hydrogens (tertiary/aromatic N) is 1. The van der Waals surface area contributed by atoms with E-state index < -0.39 is 10.0 Å². The normalized spacial score (nSPS) is 19.4. The van der Waals surface area contributed by atoms with E-state index in [1.807, 2.05) is 6.92 Å². The second kappa shape index (κ2) is 7.79. The first-order valence-electron chi connectivity index (χ1n) is 8.00. The van der Waals surface area contributed by atoms with Crippen LogP contribution in [0.25, 0.3) is 0 Å². The zero-order chi connectivity index (χ0) is 16.9. The van der Waals surface area contributed by atoms with Crippen molar-refractivity contribution in [2.24, 2.45) is 5.92 Å². The molecule has 2 rings (SSSR count). The van der Waals surface area contributed by atoms with E-state index in [0.29, 0.717) is 31.5 Å². The van der Waals surface area contributed by atoms with Gasteiger partial charge in [-0.05, 0) is 43.5 Å². The highest BCUT2D eigenvalue weighted by Gasteiger charge is 2.31. The van der Waals surface area contributed by atoms with Crippen LogP contribution >= 0.6 is 0 Å². The van der Waals surface area contributed by atoms with E-state index in [1.54, 1.807) is 12.1 Å². The topological polar surface area (TPSA) is 86.7 Å². The van der Waals surface area contributed by atoms with E-state index in [1.165, 1.54) is 16.4 Å².